The van der Waals surface area contributed by atoms with Crippen molar-refractivity contribution >= 4 is 39.1 Å². The molecule has 0 aliphatic carbocycles. The van der Waals surface area contributed by atoms with Crippen LogP contribution in [0, 0.1) is 0 Å². The van der Waals surface area contributed by atoms with Crippen molar-refractivity contribution in [1.82, 2.24) is 4.98 Å². The fraction of sp³-hybridized carbons (Fsp3) is 0.0526. The molecule has 0 saturated heterocycles. The number of hydrogen-bond donors (Lipinski definition) is 1. The van der Waals surface area contributed by atoms with Gasteiger partial charge in [-0.2, -0.15) is 13.2 Å². The Morgan fingerprint density at radius 2 is 1.74 bits per heavy atom. The molecule has 1 N–H and O–H groups in total. The predicted octanol–water partition coefficient (Wildman–Crippen LogP) is 6.44. The second kappa shape index (κ2) is 7.70. The van der Waals surface area contributed by atoms with Crippen molar-refractivity contribution in [2.75, 3.05) is 5.32 Å². The zero-order chi connectivity index (χ0) is 19.6. The minimum atomic E-state index is -4.54. The third-order valence-corrected chi connectivity index (χ3v) is 4.70. The predicted molar refractivity (Wildman–Crippen MR) is 102 cm³/mol. The SMILES string of the molecule is O=C(Nc1ccccc1-c1ncc(C(F)(F)F)cc1Cl)c1ccccc1Br. The molecule has 1 aromatic heterocycles. The van der Waals surface area contributed by atoms with Gasteiger partial charge in [-0.05, 0) is 40.2 Å². The van der Waals surface area contributed by atoms with Crippen molar-refractivity contribution in [3.8, 4) is 11.3 Å². The molecule has 1 heterocycles. The highest BCUT2D eigenvalue weighted by molar-refractivity contribution is 9.10. The third kappa shape index (κ3) is 4.31. The Kier molecular flexibility index (Phi) is 5.53. The number of para-hydroxylation sites is 1. The molecule has 0 radical (unpaired) electrons. The average Bonchev–Trinajstić information content (AvgIpc) is 2.62. The van der Waals surface area contributed by atoms with E-state index in [9.17, 15) is 18.0 Å². The fourth-order valence-corrected chi connectivity index (χ4v) is 3.16. The van der Waals surface area contributed by atoms with E-state index < -0.39 is 11.7 Å². The van der Waals surface area contributed by atoms with Crippen LogP contribution in [-0.2, 0) is 6.18 Å². The van der Waals surface area contributed by atoms with Crippen molar-refractivity contribution in [3.05, 3.63) is 81.4 Å². The fourth-order valence-electron chi connectivity index (χ4n) is 2.42. The molecule has 138 valence electrons. The van der Waals surface area contributed by atoms with Gasteiger partial charge in [-0.3, -0.25) is 9.78 Å². The Balaban J connectivity index is 1.98. The third-order valence-electron chi connectivity index (χ3n) is 3.72. The van der Waals surface area contributed by atoms with Crippen molar-refractivity contribution in [2.24, 2.45) is 0 Å². The van der Waals surface area contributed by atoms with Crippen LogP contribution in [0.1, 0.15) is 15.9 Å². The lowest BCUT2D eigenvalue weighted by Crippen LogP contribution is -2.13. The second-order valence-electron chi connectivity index (χ2n) is 5.53. The first-order chi connectivity index (χ1) is 12.8. The van der Waals surface area contributed by atoms with Gasteiger partial charge in [0.2, 0.25) is 0 Å². The largest absolute Gasteiger partial charge is 0.417 e. The molecule has 0 aliphatic heterocycles. The highest BCUT2D eigenvalue weighted by atomic mass is 79.9. The summed E-state index contributed by atoms with van der Waals surface area (Å²) in [7, 11) is 0. The van der Waals surface area contributed by atoms with Crippen LogP contribution in [0.2, 0.25) is 5.02 Å². The number of pyridine rings is 1. The molecule has 0 fully saturated rings. The van der Waals surface area contributed by atoms with E-state index in [1.165, 1.54) is 0 Å². The van der Waals surface area contributed by atoms with Gasteiger partial charge in [-0.25, -0.2) is 0 Å². The Hall–Kier alpha value is -2.38. The lowest BCUT2D eigenvalue weighted by atomic mass is 10.1. The molecule has 2 aromatic carbocycles. The van der Waals surface area contributed by atoms with Gasteiger partial charge < -0.3 is 5.32 Å². The van der Waals surface area contributed by atoms with Gasteiger partial charge in [0.1, 0.15) is 0 Å². The minimum absolute atomic E-state index is 0.146. The molecular weight excluding hydrogens is 445 g/mol. The molecule has 3 rings (SSSR count). The highest BCUT2D eigenvalue weighted by Crippen LogP contribution is 2.36. The van der Waals surface area contributed by atoms with Gasteiger partial charge in [-0.1, -0.05) is 41.9 Å². The first-order valence-electron chi connectivity index (χ1n) is 7.65. The topological polar surface area (TPSA) is 42.0 Å². The van der Waals surface area contributed by atoms with Crippen molar-refractivity contribution < 1.29 is 18.0 Å². The minimum Gasteiger partial charge on any atom is -0.321 e. The maximum atomic E-state index is 12.8. The first kappa shape index (κ1) is 19.4. The van der Waals surface area contributed by atoms with Crippen LogP contribution in [0.3, 0.4) is 0 Å². The van der Waals surface area contributed by atoms with Crippen LogP contribution in [0.5, 0.6) is 0 Å². The standard InChI is InChI=1S/C19H11BrClF3N2O/c20-14-7-3-1-5-12(14)18(27)26-16-8-4-2-6-13(16)17-15(21)9-11(10-25-17)19(22,23)24/h1-10H,(H,26,27). The summed E-state index contributed by atoms with van der Waals surface area (Å²) in [6.45, 7) is 0. The molecule has 0 spiro atoms. The van der Waals surface area contributed by atoms with Gasteiger partial charge in [0, 0.05) is 16.2 Å². The van der Waals surface area contributed by atoms with E-state index in [4.69, 9.17) is 11.6 Å². The second-order valence-corrected chi connectivity index (χ2v) is 6.79. The number of benzene rings is 2. The molecule has 8 heteroatoms. The molecule has 27 heavy (non-hydrogen) atoms. The lowest BCUT2D eigenvalue weighted by molar-refractivity contribution is -0.137. The molecule has 3 aromatic rings. The molecule has 1 amide bonds. The first-order valence-corrected chi connectivity index (χ1v) is 8.82. The lowest BCUT2D eigenvalue weighted by Gasteiger charge is -2.14. The van der Waals surface area contributed by atoms with Gasteiger partial charge in [-0.15, -0.1) is 0 Å². The number of anilines is 1. The summed E-state index contributed by atoms with van der Waals surface area (Å²) in [5.41, 5.74) is 0.418. The molecule has 0 atom stereocenters. The van der Waals surface area contributed by atoms with E-state index >= 15 is 0 Å². The highest BCUT2D eigenvalue weighted by Gasteiger charge is 2.31. The van der Waals surface area contributed by atoms with E-state index in [1.807, 2.05) is 0 Å². The number of nitrogens with one attached hydrogen (secondary N) is 1. The molecule has 0 saturated carbocycles. The van der Waals surface area contributed by atoms with Crippen LogP contribution < -0.4 is 5.32 Å². The van der Waals surface area contributed by atoms with Crippen LogP contribution in [0.25, 0.3) is 11.3 Å². The Morgan fingerprint density at radius 1 is 1.07 bits per heavy atom. The molecule has 0 unspecified atom stereocenters. The summed E-state index contributed by atoms with van der Waals surface area (Å²) >= 11 is 9.35. The van der Waals surface area contributed by atoms with Crippen LogP contribution >= 0.6 is 27.5 Å². The zero-order valence-corrected chi connectivity index (χ0v) is 15.9. The molecule has 0 bridgehead atoms. The van der Waals surface area contributed by atoms with Crippen molar-refractivity contribution in [1.29, 1.82) is 0 Å². The normalized spacial score (nSPS) is 11.3. The maximum Gasteiger partial charge on any atom is 0.417 e. The Morgan fingerprint density at radius 3 is 2.41 bits per heavy atom. The number of amides is 1. The summed E-state index contributed by atoms with van der Waals surface area (Å²) < 4.78 is 39.1. The number of aromatic nitrogens is 1. The van der Waals surface area contributed by atoms with Gasteiger partial charge in [0.15, 0.2) is 0 Å². The quantitative estimate of drug-likeness (QED) is 0.494. The Labute approximate surface area is 166 Å². The van der Waals surface area contributed by atoms with E-state index in [0.717, 1.165) is 6.07 Å². The maximum absolute atomic E-state index is 12.8. The number of carbonyl (C=O) groups excluding carboxylic acids is 1. The Bertz CT molecular complexity index is 1010. The van der Waals surface area contributed by atoms with Crippen LogP contribution in [0.15, 0.2) is 65.3 Å². The number of carbonyl (C=O) groups is 1. The van der Waals surface area contributed by atoms with Gasteiger partial charge >= 0.3 is 6.18 Å². The number of hydrogen-bond acceptors (Lipinski definition) is 2. The summed E-state index contributed by atoms with van der Waals surface area (Å²) in [5.74, 6) is -0.377. The van der Waals surface area contributed by atoms with E-state index in [-0.39, 0.29) is 16.6 Å². The van der Waals surface area contributed by atoms with E-state index in [0.29, 0.717) is 27.5 Å². The zero-order valence-electron chi connectivity index (χ0n) is 13.5. The number of rotatable bonds is 3. The van der Waals surface area contributed by atoms with Gasteiger partial charge in [0.25, 0.3) is 5.91 Å². The number of alkyl halides is 3. The summed E-state index contributed by atoms with van der Waals surface area (Å²) in [6, 6.07) is 14.3. The van der Waals surface area contributed by atoms with Crippen LogP contribution in [-0.4, -0.2) is 10.9 Å². The van der Waals surface area contributed by atoms with E-state index in [2.05, 4.69) is 26.2 Å². The average molecular weight is 456 g/mol. The van der Waals surface area contributed by atoms with E-state index in [1.54, 1.807) is 48.5 Å². The summed E-state index contributed by atoms with van der Waals surface area (Å²) in [4.78, 5) is 16.4. The molecular formula is C19H11BrClF3N2O. The van der Waals surface area contributed by atoms with Crippen molar-refractivity contribution in [2.45, 2.75) is 6.18 Å². The summed E-state index contributed by atoms with van der Waals surface area (Å²) in [6.07, 6.45) is -3.82. The number of nitrogens with zero attached hydrogens (tertiary/aromatic N) is 1. The number of halogens is 5. The van der Waals surface area contributed by atoms with Gasteiger partial charge in [0.05, 0.1) is 27.5 Å². The monoisotopic (exact) mass is 454 g/mol. The van der Waals surface area contributed by atoms with Crippen molar-refractivity contribution in [3.63, 3.8) is 0 Å². The molecule has 3 nitrogen and oxygen atoms in total. The summed E-state index contributed by atoms with van der Waals surface area (Å²) in [5, 5.41) is 2.59. The molecule has 0 aliphatic rings. The smallest absolute Gasteiger partial charge is 0.321 e. The van der Waals surface area contributed by atoms with Crippen LogP contribution in [0.4, 0.5) is 18.9 Å².